The highest BCUT2D eigenvalue weighted by molar-refractivity contribution is 8.01. The molecule has 3 aromatic rings. The van der Waals surface area contributed by atoms with Crippen LogP contribution in [0.15, 0.2) is 64.3 Å². The van der Waals surface area contributed by atoms with Crippen LogP contribution in [-0.4, -0.2) is 53.5 Å². The first kappa shape index (κ1) is 21.6. The normalized spacial score (nSPS) is 14.0. The van der Waals surface area contributed by atoms with E-state index in [0.717, 1.165) is 36.2 Å². The number of thioether (sulfide) groups is 1. The highest BCUT2D eigenvalue weighted by Gasteiger charge is 2.22. The van der Waals surface area contributed by atoms with Gasteiger partial charge in [-0.25, -0.2) is 4.98 Å². The summed E-state index contributed by atoms with van der Waals surface area (Å²) >= 11 is 2.93. The van der Waals surface area contributed by atoms with Crippen LogP contribution in [0.2, 0.25) is 0 Å². The maximum absolute atomic E-state index is 12.7. The zero-order valence-electron chi connectivity index (χ0n) is 17.5. The van der Waals surface area contributed by atoms with Crippen molar-refractivity contribution in [1.82, 2.24) is 9.88 Å². The fraction of sp³-hybridized carbons (Fsp3) is 0.292. The van der Waals surface area contributed by atoms with E-state index in [1.54, 1.807) is 0 Å². The number of amides is 1. The van der Waals surface area contributed by atoms with E-state index >= 15 is 0 Å². The Morgan fingerprint density at radius 2 is 1.81 bits per heavy atom. The smallest absolute Gasteiger partial charge is 0.228 e. The topological polar surface area (TPSA) is 53.5 Å². The highest BCUT2D eigenvalue weighted by atomic mass is 32.2. The molecule has 31 heavy (non-hydrogen) atoms. The largest absolute Gasteiger partial charge is 0.368 e. The number of carbonyl (C=O) groups is 2. The second kappa shape index (κ2) is 10.1. The standard InChI is InChI=1S/C24H25N3O2S2/c1-18-6-5-9-21(14-18)26-10-12-27(13-11-26)23(29)15-20-16-30-24(25-20)31-17-22(28)19-7-3-2-4-8-19/h2-9,14,16H,10-13,15,17H2,1H3. The molecule has 2 aromatic carbocycles. The molecule has 4 rings (SSSR count). The zero-order valence-corrected chi connectivity index (χ0v) is 19.1. The van der Waals surface area contributed by atoms with Gasteiger partial charge in [0.25, 0.3) is 0 Å². The zero-order chi connectivity index (χ0) is 21.6. The van der Waals surface area contributed by atoms with E-state index in [2.05, 4.69) is 41.1 Å². The lowest BCUT2D eigenvalue weighted by molar-refractivity contribution is -0.130. The molecule has 1 aliphatic heterocycles. The summed E-state index contributed by atoms with van der Waals surface area (Å²) in [6, 6.07) is 17.8. The van der Waals surface area contributed by atoms with E-state index in [4.69, 9.17) is 0 Å². The number of hydrogen-bond donors (Lipinski definition) is 0. The minimum absolute atomic E-state index is 0.0879. The molecular formula is C24H25N3O2S2. The molecule has 0 bridgehead atoms. The van der Waals surface area contributed by atoms with Crippen molar-refractivity contribution in [2.45, 2.75) is 17.7 Å². The number of piperazine rings is 1. The number of ketones is 1. The molecule has 0 saturated carbocycles. The van der Waals surface area contributed by atoms with Crippen molar-refractivity contribution in [3.8, 4) is 0 Å². The first-order valence-corrected chi connectivity index (χ1v) is 12.2. The average Bonchev–Trinajstić information content (AvgIpc) is 3.25. The first-order chi connectivity index (χ1) is 15.1. The number of aromatic nitrogens is 1. The molecule has 2 heterocycles. The summed E-state index contributed by atoms with van der Waals surface area (Å²) < 4.78 is 0.830. The van der Waals surface area contributed by atoms with Crippen molar-refractivity contribution < 1.29 is 9.59 Å². The number of nitrogens with zero attached hydrogens (tertiary/aromatic N) is 3. The third-order valence-corrected chi connectivity index (χ3v) is 7.35. The number of anilines is 1. The third-order valence-electron chi connectivity index (χ3n) is 5.28. The van der Waals surface area contributed by atoms with E-state index in [9.17, 15) is 9.59 Å². The predicted octanol–water partition coefficient (Wildman–Crippen LogP) is 4.32. The van der Waals surface area contributed by atoms with Gasteiger partial charge < -0.3 is 9.80 Å². The molecule has 160 valence electrons. The molecular weight excluding hydrogens is 426 g/mol. The Hall–Kier alpha value is -2.64. The monoisotopic (exact) mass is 451 g/mol. The number of carbonyl (C=O) groups excluding carboxylic acids is 2. The Balaban J connectivity index is 1.25. The molecule has 0 aliphatic carbocycles. The van der Waals surface area contributed by atoms with Gasteiger partial charge in [0.15, 0.2) is 10.1 Å². The Morgan fingerprint density at radius 1 is 1.03 bits per heavy atom. The number of Topliss-reactive ketones (excluding diaryl/α,β-unsaturated/α-hetero) is 1. The van der Waals surface area contributed by atoms with E-state index in [1.165, 1.54) is 34.3 Å². The lowest BCUT2D eigenvalue weighted by Crippen LogP contribution is -2.49. The van der Waals surface area contributed by atoms with Crippen LogP contribution >= 0.6 is 23.1 Å². The quantitative estimate of drug-likeness (QED) is 0.396. The van der Waals surface area contributed by atoms with Crippen LogP contribution in [-0.2, 0) is 11.2 Å². The fourth-order valence-electron chi connectivity index (χ4n) is 3.58. The second-order valence-electron chi connectivity index (χ2n) is 7.57. The molecule has 1 aliphatic rings. The third kappa shape index (κ3) is 5.74. The van der Waals surface area contributed by atoms with E-state index < -0.39 is 0 Å². The van der Waals surface area contributed by atoms with E-state index in [0.29, 0.717) is 17.7 Å². The van der Waals surface area contributed by atoms with Crippen LogP contribution in [0, 0.1) is 6.92 Å². The fourth-order valence-corrected chi connectivity index (χ4v) is 5.32. The number of rotatable bonds is 7. The first-order valence-electron chi connectivity index (χ1n) is 10.3. The molecule has 5 nitrogen and oxygen atoms in total. The minimum Gasteiger partial charge on any atom is -0.368 e. The molecule has 0 N–H and O–H groups in total. The molecule has 1 saturated heterocycles. The van der Waals surface area contributed by atoms with Crippen LogP contribution in [0.3, 0.4) is 0 Å². The summed E-state index contributed by atoms with van der Waals surface area (Å²) in [6.07, 6.45) is 0.314. The Morgan fingerprint density at radius 3 is 2.55 bits per heavy atom. The summed E-state index contributed by atoms with van der Waals surface area (Å²) in [5.41, 5.74) is 3.97. The molecule has 7 heteroatoms. The summed E-state index contributed by atoms with van der Waals surface area (Å²) in [6.45, 7) is 5.24. The van der Waals surface area contributed by atoms with Gasteiger partial charge in [-0.2, -0.15) is 0 Å². The molecule has 1 aromatic heterocycles. The van der Waals surface area contributed by atoms with Crippen molar-refractivity contribution in [1.29, 1.82) is 0 Å². The Kier molecular flexibility index (Phi) is 7.04. The molecule has 0 atom stereocenters. The Labute approximate surface area is 191 Å². The molecule has 0 spiro atoms. The second-order valence-corrected chi connectivity index (χ2v) is 9.65. The van der Waals surface area contributed by atoms with Crippen molar-refractivity contribution in [2.24, 2.45) is 0 Å². The maximum Gasteiger partial charge on any atom is 0.228 e. The van der Waals surface area contributed by atoms with Gasteiger partial charge in [-0.15, -0.1) is 11.3 Å². The van der Waals surface area contributed by atoms with Crippen molar-refractivity contribution in [3.63, 3.8) is 0 Å². The van der Waals surface area contributed by atoms with Gasteiger partial charge >= 0.3 is 0 Å². The number of benzene rings is 2. The number of aryl methyl sites for hydroxylation is 1. The SMILES string of the molecule is Cc1cccc(N2CCN(C(=O)Cc3csc(SCC(=O)c4ccccc4)n3)CC2)c1. The van der Waals surface area contributed by atoms with Gasteiger partial charge in [-0.05, 0) is 24.6 Å². The summed E-state index contributed by atoms with van der Waals surface area (Å²) in [7, 11) is 0. The van der Waals surface area contributed by atoms with Crippen LogP contribution in [0.25, 0.3) is 0 Å². The van der Waals surface area contributed by atoms with Crippen LogP contribution in [0.4, 0.5) is 5.69 Å². The minimum atomic E-state index is 0.0879. The lowest BCUT2D eigenvalue weighted by atomic mass is 10.2. The summed E-state index contributed by atoms with van der Waals surface area (Å²) in [5, 5.41) is 1.93. The van der Waals surface area contributed by atoms with Crippen LogP contribution in [0.5, 0.6) is 0 Å². The average molecular weight is 452 g/mol. The lowest BCUT2D eigenvalue weighted by Gasteiger charge is -2.36. The van der Waals surface area contributed by atoms with Gasteiger partial charge in [0.2, 0.25) is 5.91 Å². The number of hydrogen-bond acceptors (Lipinski definition) is 6. The van der Waals surface area contributed by atoms with E-state index in [-0.39, 0.29) is 11.7 Å². The maximum atomic E-state index is 12.7. The van der Waals surface area contributed by atoms with Crippen molar-refractivity contribution in [3.05, 3.63) is 76.8 Å². The highest BCUT2D eigenvalue weighted by Crippen LogP contribution is 2.24. The Bertz CT molecular complexity index is 1040. The number of thiazole rings is 1. The van der Waals surface area contributed by atoms with Gasteiger partial charge in [-0.3, -0.25) is 9.59 Å². The van der Waals surface area contributed by atoms with Gasteiger partial charge in [0, 0.05) is 42.8 Å². The van der Waals surface area contributed by atoms with Gasteiger partial charge in [0.05, 0.1) is 17.9 Å². The predicted molar refractivity (Wildman–Crippen MR) is 127 cm³/mol. The van der Waals surface area contributed by atoms with Crippen LogP contribution in [0.1, 0.15) is 21.6 Å². The van der Waals surface area contributed by atoms with Gasteiger partial charge in [0.1, 0.15) is 0 Å². The molecule has 0 unspecified atom stereocenters. The van der Waals surface area contributed by atoms with Gasteiger partial charge in [-0.1, -0.05) is 54.2 Å². The summed E-state index contributed by atoms with van der Waals surface area (Å²) in [4.78, 5) is 33.8. The van der Waals surface area contributed by atoms with Crippen molar-refractivity contribution >= 4 is 40.5 Å². The molecule has 1 amide bonds. The van der Waals surface area contributed by atoms with E-state index in [1.807, 2.05) is 40.6 Å². The summed E-state index contributed by atoms with van der Waals surface area (Å²) in [5.74, 6) is 0.558. The van der Waals surface area contributed by atoms with Crippen molar-refractivity contribution in [2.75, 3.05) is 36.8 Å². The molecule has 1 fully saturated rings. The molecule has 0 radical (unpaired) electrons. The van der Waals surface area contributed by atoms with Crippen LogP contribution < -0.4 is 4.90 Å².